The smallest absolute Gasteiger partial charge is 0.137 e. The van der Waals surface area contributed by atoms with E-state index in [2.05, 4.69) is 0 Å². The molecule has 1 aliphatic carbocycles. The van der Waals surface area contributed by atoms with Crippen LogP contribution in [0.4, 0.5) is 4.39 Å². The first-order valence-electron chi connectivity index (χ1n) is 5.23. The first-order chi connectivity index (χ1) is 7.14. The van der Waals surface area contributed by atoms with Gasteiger partial charge in [-0.15, -0.1) is 0 Å². The molecule has 1 fully saturated rings. The lowest BCUT2D eigenvalue weighted by Gasteiger charge is -2.20. The van der Waals surface area contributed by atoms with Crippen molar-refractivity contribution in [1.82, 2.24) is 0 Å². The fourth-order valence-electron chi connectivity index (χ4n) is 2.20. The maximum atomic E-state index is 14.5. The Morgan fingerprint density at radius 2 is 2.33 bits per heavy atom. The Labute approximate surface area is 89.2 Å². The molecule has 0 spiro atoms. The number of rotatable bonds is 2. The van der Waals surface area contributed by atoms with E-state index in [1.54, 1.807) is 19.2 Å². The van der Waals surface area contributed by atoms with Crippen molar-refractivity contribution >= 4 is 0 Å². The Hall–Kier alpha value is -1.09. The highest BCUT2D eigenvalue weighted by atomic mass is 19.1. The van der Waals surface area contributed by atoms with Crippen molar-refractivity contribution in [2.24, 2.45) is 5.73 Å². The Bertz CT molecular complexity index is 355. The third kappa shape index (κ3) is 1.97. The minimum Gasteiger partial charge on any atom is -0.497 e. The SMILES string of the molecule is COc1cccc(C2(F)CCC(N)C2)c1. The number of hydrogen-bond donors (Lipinski definition) is 1. The molecule has 0 aliphatic heterocycles. The van der Waals surface area contributed by atoms with E-state index < -0.39 is 5.67 Å². The van der Waals surface area contributed by atoms with Gasteiger partial charge in [0.1, 0.15) is 11.4 Å². The lowest BCUT2D eigenvalue weighted by atomic mass is 9.94. The summed E-state index contributed by atoms with van der Waals surface area (Å²) >= 11 is 0. The molecular formula is C12H16FNO. The highest BCUT2D eigenvalue weighted by molar-refractivity contribution is 5.33. The van der Waals surface area contributed by atoms with Crippen molar-refractivity contribution in [3.05, 3.63) is 29.8 Å². The van der Waals surface area contributed by atoms with Gasteiger partial charge in [0, 0.05) is 12.5 Å². The summed E-state index contributed by atoms with van der Waals surface area (Å²) in [5.41, 5.74) is 5.18. The van der Waals surface area contributed by atoms with E-state index in [9.17, 15) is 4.39 Å². The zero-order valence-corrected chi connectivity index (χ0v) is 8.87. The first-order valence-corrected chi connectivity index (χ1v) is 5.23. The fourth-order valence-corrected chi connectivity index (χ4v) is 2.20. The standard InChI is InChI=1S/C12H16FNO/c1-15-11-4-2-3-9(7-11)12(13)6-5-10(14)8-12/h2-4,7,10H,5-6,8,14H2,1H3. The first kappa shape index (κ1) is 10.4. The summed E-state index contributed by atoms with van der Waals surface area (Å²) in [5.74, 6) is 0.699. The fraction of sp³-hybridized carbons (Fsp3) is 0.500. The average molecular weight is 209 g/mol. The van der Waals surface area contributed by atoms with Crippen LogP contribution in [-0.4, -0.2) is 13.2 Å². The van der Waals surface area contributed by atoms with Gasteiger partial charge in [-0.3, -0.25) is 0 Å². The monoisotopic (exact) mass is 209 g/mol. The zero-order chi connectivity index (χ0) is 10.9. The summed E-state index contributed by atoms with van der Waals surface area (Å²) < 4.78 is 19.6. The van der Waals surface area contributed by atoms with E-state index in [0.29, 0.717) is 24.2 Å². The van der Waals surface area contributed by atoms with Crippen molar-refractivity contribution < 1.29 is 9.13 Å². The minimum absolute atomic E-state index is 0.0128. The van der Waals surface area contributed by atoms with Crippen molar-refractivity contribution in [3.8, 4) is 5.75 Å². The van der Waals surface area contributed by atoms with E-state index >= 15 is 0 Å². The van der Waals surface area contributed by atoms with Crippen LogP contribution in [-0.2, 0) is 5.67 Å². The van der Waals surface area contributed by atoms with Crippen LogP contribution in [0, 0.1) is 0 Å². The average Bonchev–Trinajstić information content (AvgIpc) is 2.60. The molecule has 15 heavy (non-hydrogen) atoms. The van der Waals surface area contributed by atoms with Crippen molar-refractivity contribution in [2.45, 2.75) is 31.0 Å². The van der Waals surface area contributed by atoms with Crippen molar-refractivity contribution in [2.75, 3.05) is 7.11 Å². The van der Waals surface area contributed by atoms with Crippen LogP contribution in [0.1, 0.15) is 24.8 Å². The molecule has 0 radical (unpaired) electrons. The van der Waals surface area contributed by atoms with Gasteiger partial charge in [-0.25, -0.2) is 4.39 Å². The van der Waals surface area contributed by atoms with Gasteiger partial charge in [0.25, 0.3) is 0 Å². The number of benzene rings is 1. The van der Waals surface area contributed by atoms with Crippen molar-refractivity contribution in [3.63, 3.8) is 0 Å². The zero-order valence-electron chi connectivity index (χ0n) is 8.87. The van der Waals surface area contributed by atoms with Crippen molar-refractivity contribution in [1.29, 1.82) is 0 Å². The number of methoxy groups -OCH3 is 1. The van der Waals surface area contributed by atoms with Crippen LogP contribution in [0.5, 0.6) is 5.75 Å². The molecule has 2 unspecified atom stereocenters. The minimum atomic E-state index is -1.26. The topological polar surface area (TPSA) is 35.2 Å². The Balaban J connectivity index is 2.28. The summed E-state index contributed by atoms with van der Waals surface area (Å²) in [6.07, 6.45) is 1.69. The molecule has 0 saturated heterocycles. The van der Waals surface area contributed by atoms with Gasteiger partial charge in [-0.2, -0.15) is 0 Å². The molecule has 82 valence electrons. The van der Waals surface area contributed by atoms with E-state index in [-0.39, 0.29) is 6.04 Å². The molecule has 2 nitrogen and oxygen atoms in total. The molecule has 1 aromatic rings. The number of hydrogen-bond acceptors (Lipinski definition) is 2. The van der Waals surface area contributed by atoms with Gasteiger partial charge < -0.3 is 10.5 Å². The van der Waals surface area contributed by atoms with Crippen LogP contribution < -0.4 is 10.5 Å². The number of halogens is 1. The lowest BCUT2D eigenvalue weighted by Crippen LogP contribution is -2.21. The molecule has 2 atom stereocenters. The predicted octanol–water partition coefficient (Wildman–Crippen LogP) is 2.37. The predicted molar refractivity (Wildman–Crippen MR) is 57.6 cm³/mol. The van der Waals surface area contributed by atoms with Gasteiger partial charge in [0.2, 0.25) is 0 Å². The molecule has 3 heteroatoms. The maximum absolute atomic E-state index is 14.5. The van der Waals surface area contributed by atoms with Crippen LogP contribution in [0.15, 0.2) is 24.3 Å². The maximum Gasteiger partial charge on any atom is 0.137 e. The number of alkyl halides is 1. The quantitative estimate of drug-likeness (QED) is 0.811. The molecular weight excluding hydrogens is 193 g/mol. The lowest BCUT2D eigenvalue weighted by molar-refractivity contribution is 0.172. The summed E-state index contributed by atoms with van der Waals surface area (Å²) in [7, 11) is 1.59. The highest BCUT2D eigenvalue weighted by Crippen LogP contribution is 2.42. The third-order valence-corrected chi connectivity index (χ3v) is 3.08. The summed E-state index contributed by atoms with van der Waals surface area (Å²) in [4.78, 5) is 0. The number of ether oxygens (including phenoxy) is 1. The molecule has 1 aromatic carbocycles. The molecule has 0 amide bonds. The molecule has 1 aliphatic rings. The van der Waals surface area contributed by atoms with Gasteiger partial charge >= 0.3 is 0 Å². The molecule has 2 rings (SSSR count). The van der Waals surface area contributed by atoms with Gasteiger partial charge in [-0.05, 0) is 30.5 Å². The number of nitrogens with two attached hydrogens (primary N) is 1. The Morgan fingerprint density at radius 3 is 2.93 bits per heavy atom. The van der Waals surface area contributed by atoms with Gasteiger partial charge in [0.05, 0.1) is 7.11 Å². The summed E-state index contributed by atoms with van der Waals surface area (Å²) in [5, 5.41) is 0. The van der Waals surface area contributed by atoms with E-state index in [1.165, 1.54) is 0 Å². The molecule has 0 bridgehead atoms. The molecule has 0 heterocycles. The van der Waals surface area contributed by atoms with Crippen LogP contribution in [0.3, 0.4) is 0 Å². The van der Waals surface area contributed by atoms with E-state index in [4.69, 9.17) is 10.5 Å². The second kappa shape index (κ2) is 3.81. The van der Waals surface area contributed by atoms with Gasteiger partial charge in [0.15, 0.2) is 0 Å². The summed E-state index contributed by atoms with van der Waals surface area (Å²) in [6, 6.07) is 7.20. The second-order valence-electron chi connectivity index (χ2n) is 4.20. The van der Waals surface area contributed by atoms with E-state index in [1.807, 2.05) is 12.1 Å². The van der Waals surface area contributed by atoms with Crippen LogP contribution >= 0.6 is 0 Å². The Kier molecular flexibility index (Phi) is 2.65. The highest BCUT2D eigenvalue weighted by Gasteiger charge is 2.39. The Morgan fingerprint density at radius 1 is 1.53 bits per heavy atom. The van der Waals surface area contributed by atoms with E-state index in [0.717, 1.165) is 6.42 Å². The molecule has 2 N–H and O–H groups in total. The molecule has 0 aromatic heterocycles. The largest absolute Gasteiger partial charge is 0.497 e. The van der Waals surface area contributed by atoms with Crippen LogP contribution in [0.2, 0.25) is 0 Å². The van der Waals surface area contributed by atoms with Gasteiger partial charge in [-0.1, -0.05) is 12.1 Å². The summed E-state index contributed by atoms with van der Waals surface area (Å²) in [6.45, 7) is 0. The molecule has 1 saturated carbocycles. The normalized spacial score (nSPS) is 30.5. The third-order valence-electron chi connectivity index (χ3n) is 3.08. The second-order valence-corrected chi connectivity index (χ2v) is 4.20. The van der Waals surface area contributed by atoms with Crippen LogP contribution in [0.25, 0.3) is 0 Å².